The highest BCUT2D eigenvalue weighted by Crippen LogP contribution is 2.42. The Kier molecular flexibility index (Phi) is 7.05. The molecule has 1 atom stereocenters. The minimum Gasteiger partial charge on any atom is -0.463 e. The van der Waals surface area contributed by atoms with Crippen LogP contribution in [0.3, 0.4) is 0 Å². The zero-order valence-corrected chi connectivity index (χ0v) is 18.4. The number of aryl methyl sites for hydroxylation is 1. The van der Waals surface area contributed by atoms with Crippen molar-refractivity contribution in [1.82, 2.24) is 14.5 Å². The van der Waals surface area contributed by atoms with Crippen LogP contribution in [-0.4, -0.2) is 67.7 Å². The molecule has 2 heterocycles. The molecular weight excluding hydrogens is 470 g/mol. The highest BCUT2D eigenvalue weighted by atomic mass is 32.2. The first-order valence-electron chi connectivity index (χ1n) is 9.99. The highest BCUT2D eigenvalue weighted by Gasteiger charge is 2.56. The predicted molar refractivity (Wildman–Crippen MR) is 108 cm³/mol. The van der Waals surface area contributed by atoms with Gasteiger partial charge in [-0.05, 0) is 37.3 Å². The molecule has 1 fully saturated rings. The quantitative estimate of drug-likeness (QED) is 0.603. The third-order valence-corrected chi connectivity index (χ3v) is 7.23. The van der Waals surface area contributed by atoms with Crippen LogP contribution in [0.1, 0.15) is 17.9 Å². The summed E-state index contributed by atoms with van der Waals surface area (Å²) in [6, 6.07) is 6.19. The summed E-state index contributed by atoms with van der Waals surface area (Å²) < 4.78 is 85.1. The van der Waals surface area contributed by atoms with Crippen molar-refractivity contribution in [3.63, 3.8) is 0 Å². The zero-order valence-electron chi connectivity index (χ0n) is 17.6. The number of rotatable bonds is 6. The van der Waals surface area contributed by atoms with Crippen molar-refractivity contribution in [1.29, 1.82) is 0 Å². The molecule has 3 rings (SSSR count). The molecule has 2 amide bonds. The van der Waals surface area contributed by atoms with Gasteiger partial charge in [-0.3, -0.25) is 0 Å². The number of carbonyl (C=O) groups is 1. The molecule has 0 bridgehead atoms. The number of hydrogen-bond acceptors (Lipinski definition) is 5. The molecular formula is C20H23F4N3O5S. The summed E-state index contributed by atoms with van der Waals surface area (Å²) in [5.41, 5.74) is -3.27. The van der Waals surface area contributed by atoms with E-state index in [1.807, 2.05) is 0 Å². The van der Waals surface area contributed by atoms with E-state index in [0.29, 0.717) is 0 Å². The Balaban J connectivity index is 1.56. The van der Waals surface area contributed by atoms with Gasteiger partial charge in [-0.15, -0.1) is 0 Å². The van der Waals surface area contributed by atoms with E-state index in [4.69, 9.17) is 4.42 Å². The monoisotopic (exact) mass is 493 g/mol. The molecule has 2 N–H and O–H groups in total. The Morgan fingerprint density at radius 2 is 1.82 bits per heavy atom. The van der Waals surface area contributed by atoms with Crippen molar-refractivity contribution in [2.75, 3.05) is 32.7 Å². The Hall–Kier alpha value is -2.64. The first-order valence-corrected chi connectivity index (χ1v) is 11.4. The van der Waals surface area contributed by atoms with Crippen molar-refractivity contribution in [3.8, 4) is 0 Å². The van der Waals surface area contributed by atoms with Crippen LogP contribution in [0.25, 0.3) is 0 Å². The van der Waals surface area contributed by atoms with Gasteiger partial charge in [0.25, 0.3) is 0 Å². The minimum atomic E-state index is -5.03. The third kappa shape index (κ3) is 5.31. The van der Waals surface area contributed by atoms with E-state index >= 15 is 0 Å². The van der Waals surface area contributed by atoms with Gasteiger partial charge in [0.15, 0.2) is 0 Å². The second-order valence-electron chi connectivity index (χ2n) is 7.60. The van der Waals surface area contributed by atoms with Gasteiger partial charge in [-0.2, -0.15) is 17.5 Å². The molecule has 0 aliphatic carbocycles. The first kappa shape index (κ1) is 25.0. The van der Waals surface area contributed by atoms with Crippen LogP contribution in [0.4, 0.5) is 22.4 Å². The Bertz CT molecular complexity index is 1100. The largest absolute Gasteiger partial charge is 0.463 e. The smallest absolute Gasteiger partial charge is 0.424 e. The lowest BCUT2D eigenvalue weighted by Gasteiger charge is -2.34. The van der Waals surface area contributed by atoms with Gasteiger partial charge >= 0.3 is 12.2 Å². The Morgan fingerprint density at radius 3 is 2.36 bits per heavy atom. The van der Waals surface area contributed by atoms with E-state index in [2.05, 4.69) is 5.32 Å². The summed E-state index contributed by atoms with van der Waals surface area (Å²) >= 11 is 0. The maximum absolute atomic E-state index is 13.5. The number of carbonyl (C=O) groups excluding carboxylic acids is 1. The van der Waals surface area contributed by atoms with Gasteiger partial charge in [-0.25, -0.2) is 17.6 Å². The molecule has 33 heavy (non-hydrogen) atoms. The number of alkyl halides is 3. The van der Waals surface area contributed by atoms with E-state index in [-0.39, 0.29) is 36.8 Å². The van der Waals surface area contributed by atoms with Crippen LogP contribution in [0.15, 0.2) is 45.7 Å². The average molecular weight is 493 g/mol. The third-order valence-electron chi connectivity index (χ3n) is 5.34. The second kappa shape index (κ2) is 9.31. The highest BCUT2D eigenvalue weighted by molar-refractivity contribution is 7.89. The summed E-state index contributed by atoms with van der Waals surface area (Å²) in [5.74, 6) is -1.17. The normalized spacial score (nSPS) is 17.6. The number of sulfonamides is 1. The molecule has 0 unspecified atom stereocenters. The van der Waals surface area contributed by atoms with Gasteiger partial charge in [0, 0.05) is 39.1 Å². The van der Waals surface area contributed by atoms with Crippen LogP contribution in [0.5, 0.6) is 0 Å². The van der Waals surface area contributed by atoms with E-state index in [9.17, 15) is 35.9 Å². The lowest BCUT2D eigenvalue weighted by molar-refractivity contribution is -0.274. The van der Waals surface area contributed by atoms with E-state index in [0.717, 1.165) is 22.5 Å². The van der Waals surface area contributed by atoms with Crippen LogP contribution >= 0.6 is 0 Å². The summed E-state index contributed by atoms with van der Waals surface area (Å²) in [4.78, 5) is 13.4. The minimum absolute atomic E-state index is 0.0126. The number of furan rings is 1. The lowest BCUT2D eigenvalue weighted by atomic mass is 9.96. The number of piperazine rings is 1. The van der Waals surface area contributed by atoms with Gasteiger partial charge in [0.1, 0.15) is 17.3 Å². The molecule has 0 saturated carbocycles. The molecule has 0 radical (unpaired) electrons. The fraction of sp³-hybridized carbons (Fsp3) is 0.450. The van der Waals surface area contributed by atoms with Gasteiger partial charge in [-0.1, -0.05) is 6.07 Å². The molecule has 0 spiro atoms. The van der Waals surface area contributed by atoms with Crippen molar-refractivity contribution in [3.05, 3.63) is 53.7 Å². The maximum Gasteiger partial charge on any atom is 0.424 e. The van der Waals surface area contributed by atoms with E-state index in [1.54, 1.807) is 0 Å². The number of amides is 2. The number of urea groups is 1. The SMILES string of the molecule is Cc1ccc([C@@](O)(CCNC(=O)N2CCN(S(=O)(=O)c3cccc(F)c3)CC2)C(F)(F)F)o1. The fourth-order valence-corrected chi connectivity index (χ4v) is 4.89. The number of hydrogen-bond donors (Lipinski definition) is 2. The molecule has 2 aromatic rings. The van der Waals surface area contributed by atoms with Crippen LogP contribution in [-0.2, 0) is 15.6 Å². The number of halogens is 4. The number of nitrogens with zero attached hydrogens (tertiary/aromatic N) is 2. The standard InChI is InChI=1S/C20H23F4N3O5S/c1-14-5-6-17(32-14)19(29,20(22,23)24)7-8-25-18(28)26-9-11-27(12-10-26)33(30,31)16-4-2-3-15(21)13-16/h2-6,13,29H,7-12H2,1H3,(H,25,28)/t19-/m0/s1. The maximum atomic E-state index is 13.5. The second-order valence-corrected chi connectivity index (χ2v) is 9.54. The number of nitrogens with one attached hydrogen (secondary N) is 1. The molecule has 1 aromatic carbocycles. The number of aliphatic hydroxyl groups is 1. The van der Waals surface area contributed by atoms with Crippen LogP contribution in [0.2, 0.25) is 0 Å². The summed E-state index contributed by atoms with van der Waals surface area (Å²) in [7, 11) is -3.95. The van der Waals surface area contributed by atoms with Gasteiger partial charge < -0.3 is 19.7 Å². The van der Waals surface area contributed by atoms with Crippen molar-refractivity contribution >= 4 is 16.1 Å². The number of benzene rings is 1. The first-order chi connectivity index (χ1) is 15.3. The van der Waals surface area contributed by atoms with Crippen molar-refractivity contribution < 1.29 is 40.3 Å². The molecule has 1 aliphatic heterocycles. The predicted octanol–water partition coefficient (Wildman–Crippen LogP) is 2.58. The Morgan fingerprint density at radius 1 is 1.15 bits per heavy atom. The molecule has 1 aromatic heterocycles. The van der Waals surface area contributed by atoms with Crippen LogP contribution < -0.4 is 5.32 Å². The summed E-state index contributed by atoms with van der Waals surface area (Å²) in [6.45, 7) is 0.782. The topological polar surface area (TPSA) is 103 Å². The molecule has 8 nitrogen and oxygen atoms in total. The summed E-state index contributed by atoms with van der Waals surface area (Å²) in [6.07, 6.45) is -5.90. The van der Waals surface area contributed by atoms with Crippen LogP contribution in [0, 0.1) is 12.7 Å². The molecule has 182 valence electrons. The zero-order chi connectivity index (χ0) is 24.4. The lowest BCUT2D eigenvalue weighted by Crippen LogP contribution is -2.53. The Labute approximate surface area is 187 Å². The van der Waals surface area contributed by atoms with Crippen molar-refractivity contribution in [2.24, 2.45) is 0 Å². The molecule has 1 saturated heterocycles. The van der Waals surface area contributed by atoms with Crippen molar-refractivity contribution in [2.45, 2.75) is 30.0 Å². The molecule has 1 aliphatic rings. The van der Waals surface area contributed by atoms with E-state index < -0.39 is 52.4 Å². The van der Waals surface area contributed by atoms with Gasteiger partial charge in [0.2, 0.25) is 15.6 Å². The average Bonchev–Trinajstić information content (AvgIpc) is 3.19. The fourth-order valence-electron chi connectivity index (χ4n) is 3.43. The van der Waals surface area contributed by atoms with E-state index in [1.165, 1.54) is 30.0 Å². The molecule has 13 heteroatoms. The summed E-state index contributed by atoms with van der Waals surface area (Å²) in [5, 5.41) is 12.5. The van der Waals surface area contributed by atoms with Gasteiger partial charge in [0.05, 0.1) is 4.90 Å².